The molecule has 1 unspecified atom stereocenters. The average Bonchev–Trinajstić information content (AvgIpc) is 3.49. The predicted molar refractivity (Wildman–Crippen MR) is 153 cm³/mol. The summed E-state index contributed by atoms with van der Waals surface area (Å²) in [7, 11) is 2.04. The largest absolute Gasteiger partial charge is 0.497 e. The molecule has 1 aliphatic heterocycles. The molecule has 0 aromatic heterocycles. The quantitative estimate of drug-likeness (QED) is 0.108. The molecule has 0 aliphatic carbocycles. The second-order valence-corrected chi connectivity index (χ2v) is 10.7. The van der Waals surface area contributed by atoms with E-state index in [1.165, 1.54) is 0 Å². The van der Waals surface area contributed by atoms with Crippen LogP contribution in [0.2, 0.25) is 0 Å². The summed E-state index contributed by atoms with van der Waals surface area (Å²) in [4.78, 5) is 15.4. The van der Waals surface area contributed by atoms with Crippen LogP contribution < -0.4 is 9.47 Å². The van der Waals surface area contributed by atoms with E-state index in [2.05, 4.69) is 36.4 Å². The molecule has 0 radical (unpaired) electrons. The zero-order chi connectivity index (χ0) is 28.4. The van der Waals surface area contributed by atoms with Gasteiger partial charge in [-0.25, -0.2) is 4.79 Å². The number of hydrogen-bond donors (Lipinski definition) is 0. The summed E-state index contributed by atoms with van der Waals surface area (Å²) in [5, 5.41) is 8.69. The standard InChI is InChI=1S/C31H35N2O6P/c1-35-27-16-12-25(13-17-27)31(24-9-5-4-6-10-24,26-14-18-28(36-2)19-15-26)29-11-7-21-33(29)30(34)37-23-39-40(3)38-22-8-20-32/h4-6,9-10,12-19,29H,7-8,11,21-23H2,1-3H3/t29-,40?/m1/s1. The van der Waals surface area contributed by atoms with E-state index in [0.29, 0.717) is 6.54 Å². The Morgan fingerprint density at radius 3 is 2.05 bits per heavy atom. The molecule has 0 N–H and O–H groups in total. The Hall–Kier alpha value is -3.63. The SMILES string of the molecule is COc1ccc(C(c2ccccc2)(c2ccc(OC)cc2)[C@H]2CCCN2C(=O)OCOP(C)OCCC#N)cc1. The predicted octanol–water partition coefficient (Wildman–Crippen LogP) is 6.49. The van der Waals surface area contributed by atoms with E-state index in [1.807, 2.05) is 53.4 Å². The topological polar surface area (TPSA) is 90.2 Å². The van der Waals surface area contributed by atoms with Crippen molar-refractivity contribution in [3.63, 3.8) is 0 Å². The number of methoxy groups -OCH3 is 2. The van der Waals surface area contributed by atoms with Crippen LogP contribution >= 0.6 is 8.38 Å². The Labute approximate surface area is 237 Å². The summed E-state index contributed by atoms with van der Waals surface area (Å²) in [5.41, 5.74) is 2.44. The summed E-state index contributed by atoms with van der Waals surface area (Å²) in [6.07, 6.45) is 1.45. The van der Waals surface area contributed by atoms with Gasteiger partial charge in [-0.3, -0.25) is 4.52 Å². The van der Waals surface area contributed by atoms with Crippen molar-refractivity contribution in [3.05, 3.63) is 95.6 Å². The molecule has 1 heterocycles. The highest BCUT2D eigenvalue weighted by atomic mass is 31.2. The second-order valence-electron chi connectivity index (χ2n) is 9.32. The highest BCUT2D eigenvalue weighted by Gasteiger charge is 2.50. The van der Waals surface area contributed by atoms with Gasteiger partial charge in [0, 0.05) is 13.2 Å². The Kier molecular flexibility index (Phi) is 10.4. The fourth-order valence-electron chi connectivity index (χ4n) is 5.41. The van der Waals surface area contributed by atoms with Crippen LogP contribution in [0.1, 0.15) is 36.0 Å². The smallest absolute Gasteiger partial charge is 0.412 e. The molecule has 9 heteroatoms. The molecule has 8 nitrogen and oxygen atoms in total. The van der Waals surface area contributed by atoms with Gasteiger partial charge >= 0.3 is 6.09 Å². The number of amides is 1. The molecule has 2 atom stereocenters. The third-order valence-corrected chi connectivity index (χ3v) is 8.23. The monoisotopic (exact) mass is 562 g/mol. The average molecular weight is 563 g/mol. The van der Waals surface area contributed by atoms with Crippen LogP contribution in [0, 0.1) is 11.3 Å². The number of nitriles is 1. The van der Waals surface area contributed by atoms with Gasteiger partial charge in [-0.05, 0) is 53.8 Å². The highest BCUT2D eigenvalue weighted by Crippen LogP contribution is 2.48. The Balaban J connectivity index is 1.73. The van der Waals surface area contributed by atoms with Crippen LogP contribution in [0.25, 0.3) is 0 Å². The van der Waals surface area contributed by atoms with Crippen molar-refractivity contribution in [2.45, 2.75) is 30.7 Å². The number of ether oxygens (including phenoxy) is 3. The van der Waals surface area contributed by atoms with Crippen LogP contribution in [0.3, 0.4) is 0 Å². The lowest BCUT2D eigenvalue weighted by molar-refractivity contribution is 0.0280. The van der Waals surface area contributed by atoms with Gasteiger partial charge in [0.1, 0.15) is 11.5 Å². The maximum Gasteiger partial charge on any atom is 0.412 e. The number of carbonyl (C=O) groups excluding carboxylic acids is 1. The molecule has 40 heavy (non-hydrogen) atoms. The normalized spacial score (nSPS) is 15.8. The van der Waals surface area contributed by atoms with Gasteiger partial charge in [0.2, 0.25) is 0 Å². The first-order chi connectivity index (χ1) is 19.5. The van der Waals surface area contributed by atoms with E-state index in [9.17, 15) is 4.79 Å². The van der Waals surface area contributed by atoms with Crippen molar-refractivity contribution in [1.82, 2.24) is 4.90 Å². The van der Waals surface area contributed by atoms with E-state index < -0.39 is 19.9 Å². The molecule has 210 valence electrons. The maximum atomic E-state index is 13.5. The van der Waals surface area contributed by atoms with Crippen molar-refractivity contribution in [2.24, 2.45) is 0 Å². The van der Waals surface area contributed by atoms with E-state index in [4.69, 9.17) is 28.5 Å². The number of carbonyl (C=O) groups is 1. The Morgan fingerprint density at radius 1 is 0.925 bits per heavy atom. The van der Waals surface area contributed by atoms with Gasteiger partial charge in [0.25, 0.3) is 0 Å². The van der Waals surface area contributed by atoms with Gasteiger partial charge in [-0.15, -0.1) is 0 Å². The molecule has 0 saturated carbocycles. The van der Waals surface area contributed by atoms with Crippen LogP contribution in [-0.4, -0.2) is 57.9 Å². The lowest BCUT2D eigenvalue weighted by Gasteiger charge is -2.44. The van der Waals surface area contributed by atoms with Gasteiger partial charge in [-0.1, -0.05) is 54.6 Å². The first-order valence-corrected chi connectivity index (χ1v) is 14.8. The van der Waals surface area contributed by atoms with Crippen molar-refractivity contribution in [3.8, 4) is 17.6 Å². The van der Waals surface area contributed by atoms with E-state index in [0.717, 1.165) is 41.0 Å². The second kappa shape index (κ2) is 14.1. The molecular formula is C31H35N2O6P. The van der Waals surface area contributed by atoms with Crippen molar-refractivity contribution in [1.29, 1.82) is 5.26 Å². The van der Waals surface area contributed by atoms with Crippen molar-refractivity contribution >= 4 is 14.5 Å². The van der Waals surface area contributed by atoms with Crippen LogP contribution in [0.4, 0.5) is 4.79 Å². The summed E-state index contributed by atoms with van der Waals surface area (Å²) >= 11 is 0. The fraction of sp³-hybridized carbons (Fsp3) is 0.355. The minimum atomic E-state index is -1.26. The summed E-state index contributed by atoms with van der Waals surface area (Å²) in [6.45, 7) is 2.39. The summed E-state index contributed by atoms with van der Waals surface area (Å²) in [6, 6.07) is 28.2. The molecule has 1 fully saturated rings. The van der Waals surface area contributed by atoms with Crippen LogP contribution in [0.15, 0.2) is 78.9 Å². The molecule has 1 saturated heterocycles. The van der Waals surface area contributed by atoms with Crippen LogP contribution in [0.5, 0.6) is 11.5 Å². The van der Waals surface area contributed by atoms with Gasteiger partial charge < -0.3 is 23.6 Å². The van der Waals surface area contributed by atoms with E-state index >= 15 is 0 Å². The zero-order valence-electron chi connectivity index (χ0n) is 23.1. The molecule has 3 aromatic rings. The molecule has 0 spiro atoms. The van der Waals surface area contributed by atoms with Gasteiger partial charge in [-0.2, -0.15) is 5.26 Å². The molecule has 4 rings (SSSR count). The minimum absolute atomic E-state index is 0.222. The highest BCUT2D eigenvalue weighted by molar-refractivity contribution is 7.46. The fourth-order valence-corrected chi connectivity index (χ4v) is 6.04. The number of rotatable bonds is 12. The lowest BCUT2D eigenvalue weighted by Crippen LogP contribution is -2.51. The Morgan fingerprint density at radius 2 is 1.50 bits per heavy atom. The van der Waals surface area contributed by atoms with Crippen molar-refractivity contribution in [2.75, 3.05) is 40.8 Å². The maximum absolute atomic E-state index is 13.5. The number of nitrogens with zero attached hydrogens (tertiary/aromatic N) is 2. The number of benzene rings is 3. The van der Waals surface area contributed by atoms with E-state index in [-0.39, 0.29) is 25.9 Å². The third-order valence-electron chi connectivity index (χ3n) is 7.21. The first-order valence-electron chi connectivity index (χ1n) is 13.2. The molecule has 1 aliphatic rings. The summed E-state index contributed by atoms with van der Waals surface area (Å²) < 4.78 is 27.6. The summed E-state index contributed by atoms with van der Waals surface area (Å²) in [5.74, 6) is 1.52. The van der Waals surface area contributed by atoms with Gasteiger partial charge in [0.05, 0.1) is 44.8 Å². The first kappa shape index (κ1) is 29.4. The lowest BCUT2D eigenvalue weighted by atomic mass is 9.64. The van der Waals surface area contributed by atoms with Crippen LogP contribution in [-0.2, 0) is 19.2 Å². The minimum Gasteiger partial charge on any atom is -0.497 e. The molecule has 0 bridgehead atoms. The van der Waals surface area contributed by atoms with Gasteiger partial charge in [0.15, 0.2) is 15.2 Å². The molecule has 1 amide bonds. The molecular weight excluding hydrogens is 527 g/mol. The number of hydrogen-bond acceptors (Lipinski definition) is 7. The Bertz CT molecular complexity index is 1220. The van der Waals surface area contributed by atoms with E-state index in [1.54, 1.807) is 20.9 Å². The van der Waals surface area contributed by atoms with Crippen molar-refractivity contribution < 1.29 is 28.1 Å². The molecule has 3 aromatic carbocycles. The zero-order valence-corrected chi connectivity index (χ0v) is 24.0. The number of likely N-dealkylation sites (tertiary alicyclic amines) is 1. The third kappa shape index (κ3) is 6.39.